The van der Waals surface area contributed by atoms with Crippen LogP contribution in [0.3, 0.4) is 0 Å². The van der Waals surface area contributed by atoms with Crippen LogP contribution in [0.5, 0.6) is 0 Å². The molecule has 146 valence electrons. The minimum atomic E-state index is -1.07. The van der Waals surface area contributed by atoms with E-state index in [9.17, 15) is 14.4 Å². The van der Waals surface area contributed by atoms with E-state index in [1.54, 1.807) is 40.3 Å². The van der Waals surface area contributed by atoms with Gasteiger partial charge in [-0.15, -0.1) is 10.2 Å². The molecule has 3 heterocycles. The van der Waals surface area contributed by atoms with Gasteiger partial charge in [0.15, 0.2) is 0 Å². The van der Waals surface area contributed by atoms with Gasteiger partial charge >= 0.3 is 12.1 Å². The van der Waals surface area contributed by atoms with Crippen molar-refractivity contribution in [3.63, 3.8) is 0 Å². The third kappa shape index (κ3) is 3.40. The molecule has 28 heavy (non-hydrogen) atoms. The standard InChI is InChI=1S/C18H19N5O5/c24-15(25)9-22-10-18(28-17(22)27)4-6-21(7-5-18)16(26)13-2-1-3-14(8-13)23-11-19-20-12-23/h1-3,8,11-12H,4-7,9-10H2,(H,24,25). The lowest BCUT2D eigenvalue weighted by Gasteiger charge is -2.37. The normalized spacial score (nSPS) is 18.4. The summed E-state index contributed by atoms with van der Waals surface area (Å²) >= 11 is 0. The Labute approximate surface area is 160 Å². The number of carbonyl (C=O) groups is 3. The van der Waals surface area contributed by atoms with E-state index in [1.165, 1.54) is 4.90 Å². The van der Waals surface area contributed by atoms with Gasteiger partial charge in [-0.2, -0.15) is 0 Å². The van der Waals surface area contributed by atoms with E-state index in [2.05, 4.69) is 10.2 Å². The smallest absolute Gasteiger partial charge is 0.411 e. The number of rotatable bonds is 4. The van der Waals surface area contributed by atoms with Gasteiger partial charge in [-0.25, -0.2) is 4.79 Å². The predicted octanol–water partition coefficient (Wildman–Crippen LogP) is 0.779. The maximum Gasteiger partial charge on any atom is 0.411 e. The van der Waals surface area contributed by atoms with E-state index in [4.69, 9.17) is 9.84 Å². The Bertz CT molecular complexity index is 905. The molecule has 10 heteroatoms. The quantitative estimate of drug-likeness (QED) is 0.826. The van der Waals surface area contributed by atoms with Crippen molar-refractivity contribution >= 4 is 18.0 Å². The van der Waals surface area contributed by atoms with Gasteiger partial charge in [0, 0.05) is 37.2 Å². The summed E-state index contributed by atoms with van der Waals surface area (Å²) in [4.78, 5) is 38.6. The molecule has 4 rings (SSSR count). The van der Waals surface area contributed by atoms with Gasteiger partial charge in [0.1, 0.15) is 24.8 Å². The Kier molecular flexibility index (Phi) is 4.46. The fraction of sp³-hybridized carbons (Fsp3) is 0.389. The number of aromatic nitrogens is 3. The summed E-state index contributed by atoms with van der Waals surface area (Å²) in [7, 11) is 0. The second-order valence-corrected chi connectivity index (χ2v) is 7.01. The molecule has 0 bridgehead atoms. The lowest BCUT2D eigenvalue weighted by Crippen LogP contribution is -2.49. The molecule has 2 aliphatic heterocycles. The van der Waals surface area contributed by atoms with Gasteiger partial charge in [-0.1, -0.05) is 6.07 Å². The minimum Gasteiger partial charge on any atom is -0.480 e. The molecular formula is C18H19N5O5. The molecule has 0 radical (unpaired) electrons. The molecule has 1 spiro atoms. The first-order chi connectivity index (χ1) is 13.5. The Hall–Kier alpha value is -3.43. The van der Waals surface area contributed by atoms with Crippen LogP contribution in [0.4, 0.5) is 4.79 Å². The van der Waals surface area contributed by atoms with Crippen LogP contribution in [0.25, 0.3) is 5.69 Å². The van der Waals surface area contributed by atoms with Crippen molar-refractivity contribution in [2.24, 2.45) is 0 Å². The Morgan fingerprint density at radius 2 is 1.89 bits per heavy atom. The molecule has 10 nitrogen and oxygen atoms in total. The highest BCUT2D eigenvalue weighted by molar-refractivity contribution is 5.94. The van der Waals surface area contributed by atoms with Crippen molar-refractivity contribution in [2.45, 2.75) is 18.4 Å². The molecule has 1 N–H and O–H groups in total. The summed E-state index contributed by atoms with van der Waals surface area (Å²) in [5.41, 5.74) is 0.629. The van der Waals surface area contributed by atoms with Crippen LogP contribution in [0.1, 0.15) is 23.2 Å². The molecule has 1 aromatic carbocycles. The second-order valence-electron chi connectivity index (χ2n) is 7.01. The minimum absolute atomic E-state index is 0.100. The van der Waals surface area contributed by atoms with Gasteiger partial charge in [0.05, 0.1) is 6.54 Å². The third-order valence-corrected chi connectivity index (χ3v) is 5.14. The zero-order chi connectivity index (χ0) is 19.7. The number of benzene rings is 1. The summed E-state index contributed by atoms with van der Waals surface area (Å²) in [6.45, 7) is 0.732. The fourth-order valence-electron chi connectivity index (χ4n) is 3.67. The molecule has 1 aromatic heterocycles. The SMILES string of the molecule is O=C(O)CN1CC2(CCN(C(=O)c3cccc(-n4cnnc4)c3)CC2)OC1=O. The number of carboxylic acids is 1. The first kappa shape index (κ1) is 18.0. The molecule has 2 amide bonds. The second kappa shape index (κ2) is 6.95. The van der Waals surface area contributed by atoms with E-state index in [0.29, 0.717) is 31.5 Å². The molecule has 2 saturated heterocycles. The molecule has 0 atom stereocenters. The molecule has 0 aliphatic carbocycles. The number of hydrogen-bond donors (Lipinski definition) is 1. The van der Waals surface area contributed by atoms with Gasteiger partial charge in [0.25, 0.3) is 5.91 Å². The zero-order valence-corrected chi connectivity index (χ0v) is 15.0. The lowest BCUT2D eigenvalue weighted by atomic mass is 9.91. The van der Waals surface area contributed by atoms with Crippen LogP contribution in [0.15, 0.2) is 36.9 Å². The molecule has 2 aromatic rings. The Balaban J connectivity index is 1.42. The van der Waals surface area contributed by atoms with Gasteiger partial charge < -0.3 is 14.7 Å². The highest BCUT2D eigenvalue weighted by atomic mass is 16.6. The summed E-state index contributed by atoms with van der Waals surface area (Å²) < 4.78 is 7.19. The van der Waals surface area contributed by atoms with Crippen LogP contribution in [0.2, 0.25) is 0 Å². The topological polar surface area (TPSA) is 118 Å². The summed E-state index contributed by atoms with van der Waals surface area (Å²) in [6, 6.07) is 7.20. The van der Waals surface area contributed by atoms with Crippen molar-refractivity contribution in [1.82, 2.24) is 24.6 Å². The predicted molar refractivity (Wildman–Crippen MR) is 94.9 cm³/mol. The first-order valence-corrected chi connectivity index (χ1v) is 8.90. The highest BCUT2D eigenvalue weighted by Crippen LogP contribution is 2.33. The fourth-order valence-corrected chi connectivity index (χ4v) is 3.67. The number of nitrogens with zero attached hydrogens (tertiary/aromatic N) is 5. The number of likely N-dealkylation sites (tertiary alicyclic amines) is 1. The van der Waals surface area contributed by atoms with Gasteiger partial charge in [0.2, 0.25) is 0 Å². The largest absolute Gasteiger partial charge is 0.480 e. The average molecular weight is 385 g/mol. The van der Waals surface area contributed by atoms with E-state index in [-0.39, 0.29) is 19.0 Å². The number of carbonyl (C=O) groups excluding carboxylic acids is 2. The van der Waals surface area contributed by atoms with Crippen LogP contribution in [-0.2, 0) is 9.53 Å². The number of piperidine rings is 1. The van der Waals surface area contributed by atoms with Crippen molar-refractivity contribution in [2.75, 3.05) is 26.2 Å². The number of carboxylic acid groups (broad SMARTS) is 1. The molecule has 0 saturated carbocycles. The molecule has 2 aliphatic rings. The molecule has 2 fully saturated rings. The summed E-state index contributed by atoms with van der Waals surface area (Å²) in [6.07, 6.45) is 3.47. The van der Waals surface area contributed by atoms with Gasteiger partial charge in [-0.05, 0) is 18.2 Å². The number of ether oxygens (including phenoxy) is 1. The zero-order valence-electron chi connectivity index (χ0n) is 15.0. The lowest BCUT2D eigenvalue weighted by molar-refractivity contribution is -0.137. The highest BCUT2D eigenvalue weighted by Gasteiger charge is 2.47. The van der Waals surface area contributed by atoms with Crippen LogP contribution >= 0.6 is 0 Å². The number of aliphatic carboxylic acids is 1. The maximum absolute atomic E-state index is 12.9. The van der Waals surface area contributed by atoms with E-state index in [0.717, 1.165) is 5.69 Å². The van der Waals surface area contributed by atoms with Crippen LogP contribution in [0, 0.1) is 0 Å². The molecule has 0 unspecified atom stereocenters. The van der Waals surface area contributed by atoms with Gasteiger partial charge in [-0.3, -0.25) is 19.1 Å². The van der Waals surface area contributed by atoms with E-state index >= 15 is 0 Å². The Morgan fingerprint density at radius 3 is 2.57 bits per heavy atom. The molecular weight excluding hydrogens is 366 g/mol. The van der Waals surface area contributed by atoms with E-state index in [1.807, 2.05) is 6.07 Å². The maximum atomic E-state index is 12.9. The summed E-state index contributed by atoms with van der Waals surface area (Å²) in [5.74, 6) is -1.17. The van der Waals surface area contributed by atoms with E-state index < -0.39 is 17.7 Å². The Morgan fingerprint density at radius 1 is 1.18 bits per heavy atom. The monoisotopic (exact) mass is 385 g/mol. The van der Waals surface area contributed by atoms with Crippen molar-refractivity contribution in [3.05, 3.63) is 42.5 Å². The summed E-state index contributed by atoms with van der Waals surface area (Å²) in [5, 5.41) is 16.4. The van der Waals surface area contributed by atoms with Crippen LogP contribution in [-0.4, -0.2) is 79.4 Å². The number of amides is 2. The van der Waals surface area contributed by atoms with Crippen molar-refractivity contribution in [3.8, 4) is 5.69 Å². The average Bonchev–Trinajstić information content (AvgIpc) is 3.31. The van der Waals surface area contributed by atoms with Crippen molar-refractivity contribution in [1.29, 1.82) is 0 Å². The third-order valence-electron chi connectivity index (χ3n) is 5.14. The first-order valence-electron chi connectivity index (χ1n) is 8.90. The van der Waals surface area contributed by atoms with Crippen LogP contribution < -0.4 is 0 Å². The number of hydrogen-bond acceptors (Lipinski definition) is 6. The van der Waals surface area contributed by atoms with Crippen molar-refractivity contribution < 1.29 is 24.2 Å².